The number of hydrogen-bond acceptors (Lipinski definition) is 3. The minimum atomic E-state index is -0.202. The van der Waals surface area contributed by atoms with E-state index in [1.54, 1.807) is 7.11 Å². The van der Waals surface area contributed by atoms with Crippen LogP contribution in [0.3, 0.4) is 0 Å². The normalized spacial score (nSPS) is 16.0. The second-order valence-electron chi connectivity index (χ2n) is 3.27. The highest BCUT2D eigenvalue weighted by atomic mass is 16.5. The Bertz CT molecular complexity index is 96.5. The molecule has 0 spiro atoms. The van der Waals surface area contributed by atoms with Crippen LogP contribution in [0.1, 0.15) is 26.7 Å². The van der Waals surface area contributed by atoms with Gasteiger partial charge in [-0.1, -0.05) is 0 Å². The van der Waals surface area contributed by atoms with Gasteiger partial charge in [0.1, 0.15) is 0 Å². The largest absolute Gasteiger partial charge is 0.393 e. The van der Waals surface area contributed by atoms with Crippen molar-refractivity contribution in [2.24, 2.45) is 0 Å². The maximum Gasteiger partial charge on any atom is 0.0524 e. The summed E-state index contributed by atoms with van der Waals surface area (Å²) in [4.78, 5) is 0. The van der Waals surface area contributed by atoms with E-state index in [-0.39, 0.29) is 6.10 Å². The molecule has 0 aliphatic carbocycles. The lowest BCUT2D eigenvalue weighted by molar-refractivity contribution is 0.173. The quantitative estimate of drug-likeness (QED) is 0.600. The van der Waals surface area contributed by atoms with Crippen molar-refractivity contribution in [3.05, 3.63) is 0 Å². The number of rotatable bonds is 7. The Morgan fingerprint density at radius 1 is 1.33 bits per heavy atom. The van der Waals surface area contributed by atoms with E-state index in [0.717, 1.165) is 26.0 Å². The van der Waals surface area contributed by atoms with Gasteiger partial charge in [0.05, 0.1) is 6.10 Å². The third kappa shape index (κ3) is 7.98. The Morgan fingerprint density at radius 2 is 2.00 bits per heavy atom. The molecule has 0 rings (SSSR count). The van der Waals surface area contributed by atoms with Crippen LogP contribution in [0.25, 0.3) is 0 Å². The Balaban J connectivity index is 3.13. The van der Waals surface area contributed by atoms with Crippen molar-refractivity contribution in [2.45, 2.75) is 38.8 Å². The van der Waals surface area contributed by atoms with Crippen LogP contribution in [-0.4, -0.2) is 37.5 Å². The molecular formula is C9H21NO2. The molecule has 0 amide bonds. The van der Waals surface area contributed by atoms with Crippen molar-refractivity contribution in [3.63, 3.8) is 0 Å². The van der Waals surface area contributed by atoms with Gasteiger partial charge in [-0.25, -0.2) is 0 Å². The molecule has 0 aromatic rings. The number of aliphatic hydroxyl groups is 1. The maximum absolute atomic E-state index is 8.98. The molecule has 0 fully saturated rings. The summed E-state index contributed by atoms with van der Waals surface area (Å²) < 4.78 is 4.95. The zero-order valence-corrected chi connectivity index (χ0v) is 8.34. The van der Waals surface area contributed by atoms with Crippen LogP contribution in [0.4, 0.5) is 0 Å². The Kier molecular flexibility index (Phi) is 7.45. The zero-order chi connectivity index (χ0) is 9.40. The molecule has 0 bridgehead atoms. The van der Waals surface area contributed by atoms with Gasteiger partial charge in [0, 0.05) is 19.8 Å². The molecule has 0 saturated heterocycles. The Morgan fingerprint density at radius 3 is 2.50 bits per heavy atom. The van der Waals surface area contributed by atoms with E-state index >= 15 is 0 Å². The van der Waals surface area contributed by atoms with Crippen LogP contribution in [0.2, 0.25) is 0 Å². The minimum absolute atomic E-state index is 0.202. The second kappa shape index (κ2) is 7.53. The summed E-state index contributed by atoms with van der Waals surface area (Å²) >= 11 is 0. The molecule has 0 aromatic heterocycles. The van der Waals surface area contributed by atoms with Crippen molar-refractivity contribution in [1.29, 1.82) is 0 Å². The lowest BCUT2D eigenvalue weighted by Gasteiger charge is -2.13. The molecular weight excluding hydrogens is 154 g/mol. The first-order valence-corrected chi connectivity index (χ1v) is 4.57. The molecule has 2 unspecified atom stereocenters. The fourth-order valence-electron chi connectivity index (χ4n) is 0.935. The lowest BCUT2D eigenvalue weighted by Crippen LogP contribution is -2.29. The van der Waals surface area contributed by atoms with Crippen molar-refractivity contribution in [1.82, 2.24) is 5.32 Å². The Labute approximate surface area is 75.1 Å². The van der Waals surface area contributed by atoms with Crippen LogP contribution >= 0.6 is 0 Å². The number of nitrogens with one attached hydrogen (secondary N) is 1. The standard InChI is InChI=1S/C9H21NO2/c1-8(5-7-12-3)10-6-4-9(2)11/h8-11H,4-7H2,1-3H3. The van der Waals surface area contributed by atoms with E-state index in [1.165, 1.54) is 0 Å². The van der Waals surface area contributed by atoms with E-state index in [2.05, 4.69) is 12.2 Å². The predicted octanol–water partition coefficient (Wildman–Crippen LogP) is 0.772. The van der Waals surface area contributed by atoms with Crippen molar-refractivity contribution in [2.75, 3.05) is 20.3 Å². The van der Waals surface area contributed by atoms with E-state index in [4.69, 9.17) is 9.84 Å². The lowest BCUT2D eigenvalue weighted by atomic mass is 10.2. The number of hydrogen-bond donors (Lipinski definition) is 2. The molecule has 0 aromatic carbocycles. The first-order chi connectivity index (χ1) is 5.66. The third-order valence-electron chi connectivity index (χ3n) is 1.81. The highest BCUT2D eigenvalue weighted by molar-refractivity contribution is 4.60. The van der Waals surface area contributed by atoms with Gasteiger partial charge in [0.15, 0.2) is 0 Å². The van der Waals surface area contributed by atoms with E-state index in [0.29, 0.717) is 6.04 Å². The van der Waals surface area contributed by atoms with Gasteiger partial charge < -0.3 is 15.2 Å². The van der Waals surface area contributed by atoms with Crippen molar-refractivity contribution < 1.29 is 9.84 Å². The van der Waals surface area contributed by atoms with E-state index in [9.17, 15) is 0 Å². The average molecular weight is 175 g/mol. The highest BCUT2D eigenvalue weighted by Crippen LogP contribution is 1.92. The van der Waals surface area contributed by atoms with Gasteiger partial charge in [-0.2, -0.15) is 0 Å². The maximum atomic E-state index is 8.98. The summed E-state index contributed by atoms with van der Waals surface area (Å²) in [5, 5.41) is 12.3. The number of methoxy groups -OCH3 is 1. The van der Waals surface area contributed by atoms with Gasteiger partial charge >= 0.3 is 0 Å². The molecule has 0 saturated carbocycles. The van der Waals surface area contributed by atoms with Crippen LogP contribution < -0.4 is 5.32 Å². The number of ether oxygens (including phenoxy) is 1. The molecule has 0 aliphatic heterocycles. The minimum Gasteiger partial charge on any atom is -0.393 e. The Hall–Kier alpha value is -0.120. The molecule has 12 heavy (non-hydrogen) atoms. The summed E-state index contributed by atoms with van der Waals surface area (Å²) in [6.07, 6.45) is 1.64. The highest BCUT2D eigenvalue weighted by Gasteiger charge is 2.00. The number of aliphatic hydroxyl groups excluding tert-OH is 1. The first-order valence-electron chi connectivity index (χ1n) is 4.57. The fourth-order valence-corrected chi connectivity index (χ4v) is 0.935. The summed E-state index contributed by atoms with van der Waals surface area (Å²) in [5.74, 6) is 0. The predicted molar refractivity (Wildman–Crippen MR) is 50.3 cm³/mol. The van der Waals surface area contributed by atoms with Gasteiger partial charge in [0.25, 0.3) is 0 Å². The van der Waals surface area contributed by atoms with Crippen LogP contribution in [0.5, 0.6) is 0 Å². The zero-order valence-electron chi connectivity index (χ0n) is 8.34. The first kappa shape index (κ1) is 11.9. The second-order valence-corrected chi connectivity index (χ2v) is 3.27. The molecule has 74 valence electrons. The van der Waals surface area contributed by atoms with Gasteiger partial charge in [-0.3, -0.25) is 0 Å². The molecule has 0 heterocycles. The summed E-state index contributed by atoms with van der Waals surface area (Å²) in [7, 11) is 1.71. The monoisotopic (exact) mass is 175 g/mol. The van der Waals surface area contributed by atoms with E-state index < -0.39 is 0 Å². The summed E-state index contributed by atoms with van der Waals surface area (Å²) in [5.41, 5.74) is 0. The van der Waals surface area contributed by atoms with Crippen molar-refractivity contribution >= 4 is 0 Å². The van der Waals surface area contributed by atoms with Crippen LogP contribution in [-0.2, 0) is 4.74 Å². The molecule has 3 nitrogen and oxygen atoms in total. The molecule has 2 N–H and O–H groups in total. The average Bonchev–Trinajstić information content (AvgIpc) is 2.00. The summed E-state index contributed by atoms with van der Waals surface area (Å²) in [6, 6.07) is 0.476. The van der Waals surface area contributed by atoms with E-state index in [1.807, 2.05) is 6.92 Å². The SMILES string of the molecule is COCCC(C)NCCC(C)O. The van der Waals surface area contributed by atoms with Crippen LogP contribution in [0.15, 0.2) is 0 Å². The topological polar surface area (TPSA) is 41.5 Å². The van der Waals surface area contributed by atoms with Gasteiger partial charge in [-0.15, -0.1) is 0 Å². The van der Waals surface area contributed by atoms with Crippen LogP contribution in [0, 0.1) is 0 Å². The molecule has 2 atom stereocenters. The molecule has 0 aliphatic rings. The van der Waals surface area contributed by atoms with Gasteiger partial charge in [-0.05, 0) is 33.2 Å². The summed E-state index contributed by atoms with van der Waals surface area (Å²) in [6.45, 7) is 5.61. The molecule has 0 radical (unpaired) electrons. The molecule has 3 heteroatoms. The van der Waals surface area contributed by atoms with Gasteiger partial charge in [0.2, 0.25) is 0 Å². The van der Waals surface area contributed by atoms with Crippen molar-refractivity contribution in [3.8, 4) is 0 Å². The smallest absolute Gasteiger partial charge is 0.0524 e. The fraction of sp³-hybridized carbons (Fsp3) is 1.00. The third-order valence-corrected chi connectivity index (χ3v) is 1.81.